The highest BCUT2D eigenvalue weighted by Crippen LogP contribution is 2.25. The SMILES string of the molecule is NC1CCCN(c2nccc(C=C3SC(=O)NC3=O)n2)C1. The van der Waals surface area contributed by atoms with Gasteiger partial charge in [-0.05, 0) is 36.7 Å². The predicted molar refractivity (Wildman–Crippen MR) is 80.6 cm³/mol. The first kappa shape index (κ1) is 14.0. The van der Waals surface area contributed by atoms with Gasteiger partial charge in [0.1, 0.15) is 0 Å². The number of amides is 2. The molecule has 0 aromatic carbocycles. The van der Waals surface area contributed by atoms with Gasteiger partial charge in [-0.1, -0.05) is 0 Å². The molecule has 21 heavy (non-hydrogen) atoms. The van der Waals surface area contributed by atoms with Gasteiger partial charge in [-0.2, -0.15) is 0 Å². The minimum Gasteiger partial charge on any atom is -0.339 e. The van der Waals surface area contributed by atoms with Crippen molar-refractivity contribution in [1.82, 2.24) is 15.3 Å². The van der Waals surface area contributed by atoms with E-state index in [1.54, 1.807) is 18.3 Å². The Labute approximate surface area is 126 Å². The van der Waals surface area contributed by atoms with Gasteiger partial charge in [-0.15, -0.1) is 0 Å². The van der Waals surface area contributed by atoms with E-state index in [1.807, 2.05) is 4.90 Å². The van der Waals surface area contributed by atoms with Crippen molar-refractivity contribution in [2.75, 3.05) is 18.0 Å². The number of carbonyl (C=O) groups is 2. The van der Waals surface area contributed by atoms with Gasteiger partial charge in [0.05, 0.1) is 10.6 Å². The smallest absolute Gasteiger partial charge is 0.290 e. The zero-order valence-electron chi connectivity index (χ0n) is 11.3. The van der Waals surface area contributed by atoms with Crippen LogP contribution in [0.3, 0.4) is 0 Å². The van der Waals surface area contributed by atoms with Crippen molar-refractivity contribution in [3.63, 3.8) is 0 Å². The van der Waals surface area contributed by atoms with Gasteiger partial charge in [0.15, 0.2) is 0 Å². The maximum absolute atomic E-state index is 11.5. The van der Waals surface area contributed by atoms with Gasteiger partial charge in [0, 0.05) is 25.3 Å². The lowest BCUT2D eigenvalue weighted by atomic mass is 10.1. The lowest BCUT2D eigenvalue weighted by Crippen LogP contribution is -2.43. The van der Waals surface area contributed by atoms with Crippen molar-refractivity contribution in [1.29, 1.82) is 0 Å². The summed E-state index contributed by atoms with van der Waals surface area (Å²) in [5, 5.41) is 1.86. The summed E-state index contributed by atoms with van der Waals surface area (Å²) in [7, 11) is 0. The molecule has 0 spiro atoms. The van der Waals surface area contributed by atoms with Crippen LogP contribution in [-0.2, 0) is 4.79 Å². The molecule has 0 radical (unpaired) electrons. The van der Waals surface area contributed by atoms with Crippen LogP contribution >= 0.6 is 11.8 Å². The molecule has 2 saturated heterocycles. The van der Waals surface area contributed by atoms with Crippen molar-refractivity contribution >= 4 is 34.9 Å². The summed E-state index contributed by atoms with van der Waals surface area (Å²) in [6.45, 7) is 1.61. The molecule has 0 bridgehead atoms. The molecule has 3 N–H and O–H groups in total. The number of hydrogen-bond acceptors (Lipinski definition) is 7. The largest absolute Gasteiger partial charge is 0.339 e. The van der Waals surface area contributed by atoms with Gasteiger partial charge in [0.2, 0.25) is 5.95 Å². The Morgan fingerprint density at radius 1 is 1.48 bits per heavy atom. The molecule has 0 saturated carbocycles. The average molecular weight is 305 g/mol. The number of nitrogens with zero attached hydrogens (tertiary/aromatic N) is 3. The summed E-state index contributed by atoms with van der Waals surface area (Å²) in [6, 6.07) is 1.84. The van der Waals surface area contributed by atoms with E-state index < -0.39 is 0 Å². The molecular weight excluding hydrogens is 290 g/mol. The average Bonchev–Trinajstić information content (AvgIpc) is 2.77. The van der Waals surface area contributed by atoms with E-state index in [-0.39, 0.29) is 17.2 Å². The molecular formula is C13H15N5O2S. The van der Waals surface area contributed by atoms with Gasteiger partial charge < -0.3 is 10.6 Å². The first-order valence-electron chi connectivity index (χ1n) is 6.70. The summed E-state index contributed by atoms with van der Waals surface area (Å²) in [6.07, 6.45) is 5.27. The number of rotatable bonds is 2. The molecule has 1 unspecified atom stereocenters. The fraction of sp³-hybridized carbons (Fsp3) is 0.385. The summed E-state index contributed by atoms with van der Waals surface area (Å²) in [5.74, 6) is 0.222. The number of aromatic nitrogens is 2. The van der Waals surface area contributed by atoms with Crippen LogP contribution in [0, 0.1) is 0 Å². The second-order valence-corrected chi connectivity index (χ2v) is 6.00. The molecule has 1 aromatic rings. The van der Waals surface area contributed by atoms with E-state index in [9.17, 15) is 9.59 Å². The predicted octanol–water partition coefficient (Wildman–Crippen LogP) is 0.728. The van der Waals surface area contributed by atoms with Crippen LogP contribution in [-0.4, -0.2) is 40.2 Å². The lowest BCUT2D eigenvalue weighted by molar-refractivity contribution is -0.115. The fourth-order valence-corrected chi connectivity index (χ4v) is 3.01. The number of nitrogens with two attached hydrogens (primary N) is 1. The van der Waals surface area contributed by atoms with E-state index in [2.05, 4.69) is 15.3 Å². The topological polar surface area (TPSA) is 101 Å². The normalized spacial score (nSPS) is 24.5. The summed E-state index contributed by atoms with van der Waals surface area (Å²) in [4.78, 5) is 33.8. The van der Waals surface area contributed by atoms with Gasteiger partial charge in [-0.3, -0.25) is 14.9 Å². The third kappa shape index (κ3) is 3.22. The molecule has 110 valence electrons. The fourth-order valence-electron chi connectivity index (χ4n) is 2.34. The van der Waals surface area contributed by atoms with Crippen LogP contribution < -0.4 is 16.0 Å². The quantitative estimate of drug-likeness (QED) is 0.777. The summed E-state index contributed by atoms with van der Waals surface area (Å²) >= 11 is 0.878. The second-order valence-electron chi connectivity index (χ2n) is 4.98. The highest BCUT2D eigenvalue weighted by Gasteiger charge is 2.25. The van der Waals surface area contributed by atoms with E-state index >= 15 is 0 Å². The van der Waals surface area contributed by atoms with Crippen LogP contribution in [0.2, 0.25) is 0 Å². The zero-order valence-corrected chi connectivity index (χ0v) is 12.1. The Morgan fingerprint density at radius 2 is 2.33 bits per heavy atom. The standard InChI is InChI=1S/C13H15N5O2S/c14-8-2-1-5-18(7-8)12-15-4-3-9(16-12)6-10-11(19)17-13(20)21-10/h3-4,6,8H,1-2,5,7,14H2,(H,17,19,20). The molecule has 3 rings (SSSR count). The third-order valence-electron chi connectivity index (χ3n) is 3.33. The molecule has 2 aliphatic heterocycles. The van der Waals surface area contributed by atoms with Crippen molar-refractivity contribution in [3.8, 4) is 0 Å². The minimum atomic E-state index is -0.384. The van der Waals surface area contributed by atoms with E-state index in [4.69, 9.17) is 5.73 Å². The molecule has 2 aliphatic rings. The van der Waals surface area contributed by atoms with E-state index in [1.165, 1.54) is 0 Å². The highest BCUT2D eigenvalue weighted by molar-refractivity contribution is 8.18. The lowest BCUT2D eigenvalue weighted by Gasteiger charge is -2.30. The molecule has 1 atom stereocenters. The van der Waals surface area contributed by atoms with Gasteiger partial charge in [-0.25, -0.2) is 9.97 Å². The second kappa shape index (κ2) is 5.82. The maximum Gasteiger partial charge on any atom is 0.290 e. The minimum absolute atomic E-state index is 0.137. The molecule has 2 amide bonds. The van der Waals surface area contributed by atoms with Crippen molar-refractivity contribution in [2.45, 2.75) is 18.9 Å². The molecule has 3 heterocycles. The third-order valence-corrected chi connectivity index (χ3v) is 4.14. The van der Waals surface area contributed by atoms with Gasteiger partial charge in [0.25, 0.3) is 11.1 Å². The van der Waals surface area contributed by atoms with E-state index in [0.717, 1.165) is 37.7 Å². The molecule has 8 heteroatoms. The van der Waals surface area contributed by atoms with Crippen LogP contribution in [0.5, 0.6) is 0 Å². The first-order chi connectivity index (χ1) is 10.1. The number of anilines is 1. The first-order valence-corrected chi connectivity index (χ1v) is 7.52. The Hall–Kier alpha value is -1.93. The Kier molecular flexibility index (Phi) is 3.89. The molecule has 7 nitrogen and oxygen atoms in total. The van der Waals surface area contributed by atoms with Crippen molar-refractivity contribution < 1.29 is 9.59 Å². The summed E-state index contributed by atoms with van der Waals surface area (Å²) < 4.78 is 0. The number of thioether (sulfide) groups is 1. The van der Waals surface area contributed by atoms with E-state index in [0.29, 0.717) is 16.5 Å². The molecule has 1 aromatic heterocycles. The van der Waals surface area contributed by atoms with Crippen LogP contribution in [0.25, 0.3) is 6.08 Å². The molecule has 0 aliphatic carbocycles. The Bertz CT molecular complexity index is 618. The number of nitrogens with one attached hydrogen (secondary N) is 1. The summed E-state index contributed by atoms with van der Waals surface area (Å²) in [5.41, 5.74) is 6.57. The molecule has 2 fully saturated rings. The highest BCUT2D eigenvalue weighted by atomic mass is 32.2. The monoisotopic (exact) mass is 305 g/mol. The maximum atomic E-state index is 11.5. The Balaban J connectivity index is 1.82. The number of piperidine rings is 1. The number of imide groups is 1. The van der Waals surface area contributed by atoms with Gasteiger partial charge >= 0.3 is 0 Å². The Morgan fingerprint density at radius 3 is 3.05 bits per heavy atom. The van der Waals surface area contributed by atoms with Crippen LogP contribution in [0.1, 0.15) is 18.5 Å². The van der Waals surface area contributed by atoms with Crippen LogP contribution in [0.15, 0.2) is 17.2 Å². The number of hydrogen-bond donors (Lipinski definition) is 2. The zero-order chi connectivity index (χ0) is 14.8. The van der Waals surface area contributed by atoms with Crippen molar-refractivity contribution in [2.24, 2.45) is 5.73 Å². The number of carbonyl (C=O) groups excluding carboxylic acids is 2. The van der Waals surface area contributed by atoms with Crippen molar-refractivity contribution in [3.05, 3.63) is 22.9 Å². The van der Waals surface area contributed by atoms with Crippen LogP contribution in [0.4, 0.5) is 10.7 Å².